The molecule has 2 fully saturated rings. The van der Waals surface area contributed by atoms with Crippen LogP contribution in [0.2, 0.25) is 0 Å². The quantitative estimate of drug-likeness (QED) is 0.858. The summed E-state index contributed by atoms with van der Waals surface area (Å²) in [6, 6.07) is 8.92. The van der Waals surface area contributed by atoms with E-state index in [0.29, 0.717) is 25.3 Å². The number of likely N-dealkylation sites (tertiary alicyclic amines) is 1. The van der Waals surface area contributed by atoms with Crippen molar-refractivity contribution in [2.45, 2.75) is 25.8 Å². The maximum atomic E-state index is 12.9. The number of benzene rings is 1. The third kappa shape index (κ3) is 2.86. The summed E-state index contributed by atoms with van der Waals surface area (Å²) < 4.78 is 10.1. The third-order valence-electron chi connectivity index (χ3n) is 4.69. The Labute approximate surface area is 145 Å². The van der Waals surface area contributed by atoms with Gasteiger partial charge in [0.15, 0.2) is 0 Å². The minimum Gasteiger partial charge on any atom is -0.447 e. The number of rotatable bonds is 3. The van der Waals surface area contributed by atoms with Gasteiger partial charge in [-0.05, 0) is 44.0 Å². The predicted octanol–water partition coefficient (Wildman–Crippen LogP) is 2.92. The number of ether oxygens (including phenoxy) is 1. The van der Waals surface area contributed by atoms with Crippen molar-refractivity contribution in [1.29, 1.82) is 0 Å². The molecule has 0 saturated carbocycles. The summed E-state index contributed by atoms with van der Waals surface area (Å²) in [7, 11) is 0. The maximum absolute atomic E-state index is 12.9. The van der Waals surface area contributed by atoms with Crippen molar-refractivity contribution in [3.8, 4) is 0 Å². The summed E-state index contributed by atoms with van der Waals surface area (Å²) in [5, 5.41) is 4.07. The molecule has 2 aliphatic heterocycles. The molecular formula is C18H19N3O4. The minimum absolute atomic E-state index is 0.0290. The van der Waals surface area contributed by atoms with Crippen LogP contribution in [-0.4, -0.2) is 41.8 Å². The normalized spacial score (nSPS) is 20.2. The average molecular weight is 341 g/mol. The van der Waals surface area contributed by atoms with Gasteiger partial charge in [0.05, 0.1) is 12.6 Å². The van der Waals surface area contributed by atoms with Crippen LogP contribution >= 0.6 is 0 Å². The Morgan fingerprint density at radius 3 is 2.68 bits per heavy atom. The van der Waals surface area contributed by atoms with E-state index in [0.717, 1.165) is 30.0 Å². The van der Waals surface area contributed by atoms with Gasteiger partial charge in [0.25, 0.3) is 5.91 Å². The molecule has 1 aromatic heterocycles. The minimum atomic E-state index is -0.347. The van der Waals surface area contributed by atoms with Crippen LogP contribution < -0.4 is 4.90 Å². The summed E-state index contributed by atoms with van der Waals surface area (Å²) in [5.41, 5.74) is 2.15. The summed E-state index contributed by atoms with van der Waals surface area (Å²) in [6.45, 7) is 3.48. The van der Waals surface area contributed by atoms with E-state index in [9.17, 15) is 9.59 Å². The fourth-order valence-electron chi connectivity index (χ4n) is 3.44. The van der Waals surface area contributed by atoms with Gasteiger partial charge >= 0.3 is 6.09 Å². The van der Waals surface area contributed by atoms with Crippen LogP contribution in [0.4, 0.5) is 10.5 Å². The van der Waals surface area contributed by atoms with E-state index in [-0.39, 0.29) is 18.0 Å². The van der Waals surface area contributed by atoms with Crippen molar-refractivity contribution in [3.05, 3.63) is 47.3 Å². The molecular weight excluding hydrogens is 322 g/mol. The highest BCUT2D eigenvalue weighted by molar-refractivity contribution is 5.96. The monoisotopic (exact) mass is 341 g/mol. The van der Waals surface area contributed by atoms with Gasteiger partial charge in [0, 0.05) is 23.9 Å². The summed E-state index contributed by atoms with van der Waals surface area (Å²) in [5.74, 6) is 0.717. The number of hydrogen-bond acceptors (Lipinski definition) is 5. The molecule has 25 heavy (non-hydrogen) atoms. The molecule has 130 valence electrons. The Balaban J connectivity index is 1.53. The molecule has 0 bridgehead atoms. The molecule has 4 rings (SSSR count). The molecule has 3 heterocycles. The van der Waals surface area contributed by atoms with Crippen LogP contribution in [0.5, 0.6) is 0 Å². The van der Waals surface area contributed by atoms with Crippen molar-refractivity contribution < 1.29 is 18.8 Å². The molecule has 7 heteroatoms. The van der Waals surface area contributed by atoms with E-state index in [1.165, 1.54) is 0 Å². The predicted molar refractivity (Wildman–Crippen MR) is 89.4 cm³/mol. The van der Waals surface area contributed by atoms with Gasteiger partial charge in [-0.2, -0.15) is 0 Å². The van der Waals surface area contributed by atoms with E-state index >= 15 is 0 Å². The lowest BCUT2D eigenvalue weighted by molar-refractivity contribution is 0.0731. The standard InChI is InChI=1S/C18H19N3O4/c1-12-11-15(19-25-12)16-3-2-8-21(16)17(22)13-4-6-14(7-5-13)20-9-10-24-18(20)23/h4-7,11,16H,2-3,8-10H2,1H3. The molecule has 0 spiro atoms. The lowest BCUT2D eigenvalue weighted by atomic mass is 10.1. The van der Waals surface area contributed by atoms with E-state index in [1.54, 1.807) is 29.2 Å². The van der Waals surface area contributed by atoms with Gasteiger partial charge < -0.3 is 14.2 Å². The molecule has 7 nitrogen and oxygen atoms in total. The highest BCUT2D eigenvalue weighted by atomic mass is 16.6. The number of amides is 2. The van der Waals surface area contributed by atoms with E-state index < -0.39 is 0 Å². The zero-order valence-electron chi connectivity index (χ0n) is 14.0. The number of carbonyl (C=O) groups is 2. The zero-order chi connectivity index (χ0) is 17.4. The average Bonchev–Trinajstić information content (AvgIpc) is 3.34. The maximum Gasteiger partial charge on any atom is 0.414 e. The van der Waals surface area contributed by atoms with Crippen molar-refractivity contribution in [2.75, 3.05) is 24.6 Å². The van der Waals surface area contributed by atoms with Crippen LogP contribution in [0.3, 0.4) is 0 Å². The number of nitrogens with zero attached hydrogens (tertiary/aromatic N) is 3. The molecule has 0 N–H and O–H groups in total. The second kappa shape index (κ2) is 6.23. The second-order valence-electron chi connectivity index (χ2n) is 6.33. The Morgan fingerprint density at radius 2 is 2.04 bits per heavy atom. The number of aryl methyl sites for hydroxylation is 1. The van der Waals surface area contributed by atoms with Crippen LogP contribution in [0.1, 0.15) is 40.7 Å². The van der Waals surface area contributed by atoms with Gasteiger partial charge in [-0.1, -0.05) is 5.16 Å². The first-order valence-corrected chi connectivity index (χ1v) is 8.42. The first kappa shape index (κ1) is 15.7. The van der Waals surface area contributed by atoms with Crippen molar-refractivity contribution in [2.24, 2.45) is 0 Å². The number of hydrogen-bond donors (Lipinski definition) is 0. The zero-order valence-corrected chi connectivity index (χ0v) is 14.0. The molecule has 2 aliphatic rings. The van der Waals surface area contributed by atoms with E-state index in [1.807, 2.05) is 17.9 Å². The molecule has 0 radical (unpaired) electrons. The van der Waals surface area contributed by atoms with E-state index in [4.69, 9.17) is 9.26 Å². The lowest BCUT2D eigenvalue weighted by Gasteiger charge is -2.23. The first-order valence-electron chi connectivity index (χ1n) is 8.42. The Bertz CT molecular complexity index is 799. The van der Waals surface area contributed by atoms with E-state index in [2.05, 4.69) is 5.16 Å². The Hall–Kier alpha value is -2.83. The Morgan fingerprint density at radius 1 is 1.24 bits per heavy atom. The molecule has 0 aliphatic carbocycles. The summed E-state index contributed by atoms with van der Waals surface area (Å²) in [4.78, 5) is 27.9. The fourth-order valence-corrected chi connectivity index (χ4v) is 3.44. The molecule has 1 aromatic carbocycles. The van der Waals surface area contributed by atoms with Crippen molar-refractivity contribution in [3.63, 3.8) is 0 Å². The summed E-state index contributed by atoms with van der Waals surface area (Å²) >= 11 is 0. The van der Waals surface area contributed by atoms with Gasteiger partial charge in [0.2, 0.25) is 0 Å². The van der Waals surface area contributed by atoms with Crippen LogP contribution in [0.25, 0.3) is 0 Å². The number of aromatic nitrogens is 1. The smallest absolute Gasteiger partial charge is 0.414 e. The fraction of sp³-hybridized carbons (Fsp3) is 0.389. The number of anilines is 1. The van der Waals surface area contributed by atoms with Crippen LogP contribution in [0, 0.1) is 6.92 Å². The van der Waals surface area contributed by atoms with Crippen molar-refractivity contribution in [1.82, 2.24) is 10.1 Å². The third-order valence-corrected chi connectivity index (χ3v) is 4.69. The second-order valence-corrected chi connectivity index (χ2v) is 6.33. The van der Waals surface area contributed by atoms with Gasteiger partial charge in [0.1, 0.15) is 18.1 Å². The van der Waals surface area contributed by atoms with Crippen LogP contribution in [-0.2, 0) is 4.74 Å². The lowest BCUT2D eigenvalue weighted by Crippen LogP contribution is -2.30. The highest BCUT2D eigenvalue weighted by Crippen LogP contribution is 2.33. The topological polar surface area (TPSA) is 75.9 Å². The first-order chi connectivity index (χ1) is 12.1. The summed E-state index contributed by atoms with van der Waals surface area (Å²) in [6.07, 6.45) is 1.48. The highest BCUT2D eigenvalue weighted by Gasteiger charge is 2.32. The van der Waals surface area contributed by atoms with Crippen LogP contribution in [0.15, 0.2) is 34.9 Å². The molecule has 1 unspecified atom stereocenters. The molecule has 1 atom stereocenters. The Kier molecular flexibility index (Phi) is 3.91. The van der Waals surface area contributed by atoms with Gasteiger partial charge in [-0.3, -0.25) is 9.69 Å². The SMILES string of the molecule is Cc1cc(C2CCCN2C(=O)c2ccc(N3CCOC3=O)cc2)no1. The van der Waals surface area contributed by atoms with Gasteiger partial charge in [-0.15, -0.1) is 0 Å². The number of carbonyl (C=O) groups excluding carboxylic acids is 2. The van der Waals surface area contributed by atoms with Gasteiger partial charge in [-0.25, -0.2) is 4.79 Å². The molecule has 2 saturated heterocycles. The molecule has 2 aromatic rings. The largest absolute Gasteiger partial charge is 0.447 e. The number of cyclic esters (lactones) is 1. The molecule has 2 amide bonds. The van der Waals surface area contributed by atoms with Crippen molar-refractivity contribution >= 4 is 17.7 Å².